The maximum Gasteiger partial charge on any atom is 0.0541 e. The third-order valence-corrected chi connectivity index (χ3v) is 22.0. The molecule has 4 nitrogen and oxygen atoms in total. The van der Waals surface area contributed by atoms with Crippen LogP contribution < -0.4 is 9.80 Å². The summed E-state index contributed by atoms with van der Waals surface area (Å²) in [5.74, 6) is 0. The average molecular weight is 1350 g/mol. The zero-order valence-electron chi connectivity index (χ0n) is 57.9. The second-order valence-electron chi connectivity index (χ2n) is 27.9. The molecule has 4 heteroatoms. The summed E-state index contributed by atoms with van der Waals surface area (Å²) in [6.07, 6.45) is 0. The second-order valence-corrected chi connectivity index (χ2v) is 27.9. The Balaban J connectivity index is 0.705. The van der Waals surface area contributed by atoms with Gasteiger partial charge < -0.3 is 18.9 Å². The first kappa shape index (κ1) is 60.7. The van der Waals surface area contributed by atoms with Crippen molar-refractivity contribution >= 4 is 142 Å². The third-order valence-electron chi connectivity index (χ3n) is 22.0. The van der Waals surface area contributed by atoms with E-state index in [9.17, 15) is 0 Å². The quantitative estimate of drug-likeness (QED) is 0.121. The molecule has 0 aliphatic carbocycles. The van der Waals surface area contributed by atoms with Crippen molar-refractivity contribution in [1.29, 1.82) is 0 Å². The van der Waals surface area contributed by atoms with Crippen molar-refractivity contribution in [3.8, 4) is 55.9 Å². The smallest absolute Gasteiger partial charge is 0.0541 e. The van der Waals surface area contributed by atoms with Crippen LogP contribution in [0.5, 0.6) is 0 Å². The molecule has 0 amide bonds. The van der Waals surface area contributed by atoms with E-state index in [1.54, 1.807) is 0 Å². The lowest BCUT2D eigenvalue weighted by Crippen LogP contribution is -2.14. The van der Waals surface area contributed by atoms with Gasteiger partial charge >= 0.3 is 0 Å². The standard InChI is InChI=1S/C102H66N4/c1-7-34-83-67(20-1)26-13-40-87(83)73-46-58-99-93(62-73)94-63-74(88-41-14-27-68-21-2-8-35-84(68)88)47-59-100(94)105(99)79-54-50-77(51-55-79)103(97-44-17-30-71-24-5-11-38-91(71)97)81-32-19-33-82(66-81)104(98-45-18-31-72-25-6-12-39-92(72)98)78-52-56-80(57-53-78)106-101-60-48-75(89-42-15-28-69-22-3-9-36-85(69)89)64-95(101)96-65-76(49-61-102(96)106)90-43-16-29-70-23-4-10-37-86(70)90/h1-66H. The number of fused-ring (bicyclic) bond motifs is 12. The predicted octanol–water partition coefficient (Wildman–Crippen LogP) is 28.4. The van der Waals surface area contributed by atoms with Crippen LogP contribution in [0.3, 0.4) is 0 Å². The summed E-state index contributed by atoms with van der Waals surface area (Å²) in [6.45, 7) is 0. The minimum absolute atomic E-state index is 1.03. The molecule has 0 fully saturated rings. The lowest BCUT2D eigenvalue weighted by Gasteiger charge is -2.30. The summed E-state index contributed by atoms with van der Waals surface area (Å²) in [5.41, 5.74) is 22.7. The highest BCUT2D eigenvalue weighted by Crippen LogP contribution is 2.48. The minimum Gasteiger partial charge on any atom is -0.310 e. The molecule has 0 aliphatic rings. The molecule has 0 bridgehead atoms. The third kappa shape index (κ3) is 10.1. The molecule has 19 aromatic carbocycles. The van der Waals surface area contributed by atoms with E-state index in [0.717, 1.165) is 78.3 Å². The van der Waals surface area contributed by atoms with Crippen LogP contribution in [-0.4, -0.2) is 9.13 Å². The molecule has 2 heterocycles. The first-order valence-corrected chi connectivity index (χ1v) is 36.5. The number of hydrogen-bond donors (Lipinski definition) is 0. The van der Waals surface area contributed by atoms with E-state index in [-0.39, 0.29) is 0 Å². The van der Waals surface area contributed by atoms with Crippen molar-refractivity contribution in [2.75, 3.05) is 9.80 Å². The molecule has 0 spiro atoms. The van der Waals surface area contributed by atoms with Crippen molar-refractivity contribution in [2.45, 2.75) is 0 Å². The molecule has 2 aromatic heterocycles. The zero-order valence-corrected chi connectivity index (χ0v) is 57.9. The summed E-state index contributed by atoms with van der Waals surface area (Å²) in [7, 11) is 0. The molecule has 0 aliphatic heterocycles. The van der Waals surface area contributed by atoms with Crippen molar-refractivity contribution < 1.29 is 0 Å². The summed E-state index contributed by atoms with van der Waals surface area (Å²) in [5, 5.41) is 19.4. The Bertz CT molecular complexity index is 6370. The largest absolute Gasteiger partial charge is 0.310 e. The Morgan fingerprint density at radius 1 is 0.160 bits per heavy atom. The SMILES string of the molecule is c1cc(N(c2ccc(-n3c4ccc(-c5cccc6ccccc56)cc4c4cc(-c5cccc6ccccc56)ccc43)cc2)c2cccc3ccccc23)cc(N(c2ccc(-n3c4ccc(-c5cccc6ccccc56)cc4c4cc(-c5cccc6ccccc56)ccc43)cc2)c2cccc3ccccc23)c1. The van der Waals surface area contributed by atoms with Crippen molar-refractivity contribution in [2.24, 2.45) is 0 Å². The van der Waals surface area contributed by atoms with E-state index >= 15 is 0 Å². The molecular formula is C102H66N4. The van der Waals surface area contributed by atoms with Gasteiger partial charge in [0, 0.05) is 66.4 Å². The fourth-order valence-corrected chi connectivity index (χ4v) is 17.1. The average Bonchev–Trinajstić information content (AvgIpc) is 1.57. The number of hydrogen-bond acceptors (Lipinski definition) is 2. The molecule has 0 N–H and O–H groups in total. The molecule has 0 saturated carbocycles. The summed E-state index contributed by atoms with van der Waals surface area (Å²) in [4.78, 5) is 4.89. The highest BCUT2D eigenvalue weighted by atomic mass is 15.2. The van der Waals surface area contributed by atoms with Gasteiger partial charge in [-0.3, -0.25) is 0 Å². The van der Waals surface area contributed by atoms with Gasteiger partial charge in [-0.15, -0.1) is 0 Å². The number of nitrogens with zero attached hydrogens (tertiary/aromatic N) is 4. The van der Waals surface area contributed by atoms with Gasteiger partial charge in [-0.1, -0.05) is 273 Å². The molecular weight excluding hydrogens is 1280 g/mol. The van der Waals surface area contributed by atoms with Crippen molar-refractivity contribution in [1.82, 2.24) is 9.13 Å². The van der Waals surface area contributed by atoms with Gasteiger partial charge in [-0.25, -0.2) is 0 Å². The topological polar surface area (TPSA) is 16.3 Å². The van der Waals surface area contributed by atoms with Crippen LogP contribution in [0.15, 0.2) is 400 Å². The second kappa shape index (κ2) is 24.9. The molecule has 0 radical (unpaired) electrons. The number of benzene rings is 19. The maximum atomic E-state index is 2.46. The first-order chi connectivity index (χ1) is 52.6. The fraction of sp³-hybridized carbons (Fsp3) is 0. The molecule has 0 saturated heterocycles. The van der Waals surface area contributed by atoms with Crippen LogP contribution in [0, 0.1) is 0 Å². The zero-order chi connectivity index (χ0) is 69.8. The van der Waals surface area contributed by atoms with E-state index in [4.69, 9.17) is 0 Å². The van der Waals surface area contributed by atoms with Crippen LogP contribution in [-0.2, 0) is 0 Å². The van der Waals surface area contributed by atoms with Crippen molar-refractivity contribution in [3.05, 3.63) is 400 Å². The Morgan fingerprint density at radius 2 is 0.406 bits per heavy atom. The lowest BCUT2D eigenvalue weighted by atomic mass is 9.95. The summed E-state index contributed by atoms with van der Waals surface area (Å²) < 4.78 is 4.91. The Morgan fingerprint density at radius 3 is 0.708 bits per heavy atom. The van der Waals surface area contributed by atoms with Gasteiger partial charge in [0.25, 0.3) is 0 Å². The van der Waals surface area contributed by atoms with Crippen molar-refractivity contribution in [3.63, 3.8) is 0 Å². The van der Waals surface area contributed by atoms with Crippen LogP contribution >= 0.6 is 0 Å². The van der Waals surface area contributed by atoms with Gasteiger partial charge in [0.15, 0.2) is 0 Å². The van der Waals surface area contributed by atoms with Gasteiger partial charge in [0.05, 0.1) is 33.4 Å². The van der Waals surface area contributed by atoms with E-state index in [1.807, 2.05) is 0 Å². The summed E-state index contributed by atoms with van der Waals surface area (Å²) >= 11 is 0. The molecule has 494 valence electrons. The molecule has 0 atom stereocenters. The Kier molecular flexibility index (Phi) is 14.2. The monoisotopic (exact) mass is 1350 g/mol. The van der Waals surface area contributed by atoms with E-state index in [0.29, 0.717) is 0 Å². The maximum absolute atomic E-state index is 2.46. The molecule has 106 heavy (non-hydrogen) atoms. The molecule has 21 rings (SSSR count). The normalized spacial score (nSPS) is 11.8. The Hall–Kier alpha value is -14.1. The highest BCUT2D eigenvalue weighted by Gasteiger charge is 2.24. The van der Waals surface area contributed by atoms with Gasteiger partial charge in [-0.05, 0) is 226 Å². The number of aromatic nitrogens is 2. The predicted molar refractivity (Wildman–Crippen MR) is 451 cm³/mol. The molecule has 0 unspecified atom stereocenters. The number of rotatable bonds is 12. The fourth-order valence-electron chi connectivity index (χ4n) is 17.1. The lowest BCUT2D eigenvalue weighted by molar-refractivity contribution is 1.17. The first-order valence-electron chi connectivity index (χ1n) is 36.5. The van der Waals surface area contributed by atoms with E-state index in [2.05, 4.69) is 419 Å². The van der Waals surface area contributed by atoms with E-state index in [1.165, 1.54) is 120 Å². The Labute approximate surface area is 613 Å². The highest BCUT2D eigenvalue weighted by molar-refractivity contribution is 6.16. The minimum atomic E-state index is 1.03. The number of anilines is 6. The van der Waals surface area contributed by atoms with Crippen LogP contribution in [0.4, 0.5) is 34.1 Å². The molecule has 21 aromatic rings. The van der Waals surface area contributed by atoms with Crippen LogP contribution in [0.2, 0.25) is 0 Å². The van der Waals surface area contributed by atoms with Gasteiger partial charge in [0.2, 0.25) is 0 Å². The van der Waals surface area contributed by atoms with Crippen LogP contribution in [0.1, 0.15) is 0 Å². The summed E-state index contributed by atoms with van der Waals surface area (Å²) in [6, 6.07) is 148. The van der Waals surface area contributed by atoms with Gasteiger partial charge in [-0.2, -0.15) is 0 Å². The van der Waals surface area contributed by atoms with Gasteiger partial charge in [0.1, 0.15) is 0 Å². The van der Waals surface area contributed by atoms with Crippen LogP contribution in [0.25, 0.3) is 164 Å². The van der Waals surface area contributed by atoms with E-state index < -0.39 is 0 Å².